The van der Waals surface area contributed by atoms with Crippen LogP contribution in [0.4, 0.5) is 9.59 Å². The van der Waals surface area contributed by atoms with E-state index in [1.54, 1.807) is 0 Å². The number of carbonyl (C=O) groups excluding carboxylic acids is 4. The summed E-state index contributed by atoms with van der Waals surface area (Å²) in [7, 11) is 5.84. The van der Waals surface area contributed by atoms with E-state index in [0.717, 1.165) is 0 Å². The smallest absolute Gasteiger partial charge is 0.412 e. The Balaban J connectivity index is 0.000000906. The van der Waals surface area contributed by atoms with E-state index < -0.39 is 18.3 Å². The third kappa shape index (κ3) is 7.88. The van der Waals surface area contributed by atoms with Gasteiger partial charge in [0, 0.05) is 27.2 Å². The molecule has 1 atom stereocenters. The van der Waals surface area contributed by atoms with E-state index in [-0.39, 0.29) is 29.5 Å². The number of ketones is 1. The Morgan fingerprint density at radius 2 is 1.82 bits per heavy atom. The van der Waals surface area contributed by atoms with E-state index in [1.165, 1.54) is 46.4 Å². The van der Waals surface area contributed by atoms with E-state index in [4.69, 9.17) is 19.0 Å². The molecule has 2 amide bonds. The Labute approximate surface area is 161 Å². The van der Waals surface area contributed by atoms with Crippen molar-refractivity contribution in [3.8, 4) is 11.5 Å². The summed E-state index contributed by atoms with van der Waals surface area (Å²) >= 11 is 0. The first-order valence-corrected chi connectivity index (χ1v) is 7.89. The van der Waals surface area contributed by atoms with E-state index in [0.29, 0.717) is 6.47 Å². The Morgan fingerprint density at radius 3 is 2.32 bits per heavy atom. The van der Waals surface area contributed by atoms with Crippen LogP contribution in [0.2, 0.25) is 0 Å². The highest BCUT2D eigenvalue weighted by atomic mass is 16.7. The average molecular weight is 400 g/mol. The maximum absolute atomic E-state index is 12.2. The quantitative estimate of drug-likeness (QED) is 0.384. The first-order chi connectivity index (χ1) is 13.5. The lowest BCUT2D eigenvalue weighted by atomic mass is 10.0. The van der Waals surface area contributed by atoms with E-state index in [1.807, 2.05) is 0 Å². The first kappa shape index (κ1) is 24.6. The van der Waals surface area contributed by atoms with Gasteiger partial charge in [-0.1, -0.05) is 0 Å². The SMILES string of the molecule is CN.CNC(=O)Oc1ccc2c(c1)OCC(OC(=O)NC)C2=O.CNOC=O. The highest BCUT2D eigenvalue weighted by molar-refractivity contribution is 6.03. The fourth-order valence-corrected chi connectivity index (χ4v) is 1.79. The number of ether oxygens (including phenoxy) is 3. The molecule has 0 fully saturated rings. The van der Waals surface area contributed by atoms with Gasteiger partial charge in [0.15, 0.2) is 0 Å². The van der Waals surface area contributed by atoms with Crippen LogP contribution >= 0.6 is 0 Å². The number of carbonyl (C=O) groups is 4. The third-order valence-electron chi connectivity index (χ3n) is 2.94. The van der Waals surface area contributed by atoms with Gasteiger partial charge in [-0.2, -0.15) is 5.48 Å². The number of nitrogens with two attached hydrogens (primary N) is 1. The summed E-state index contributed by atoms with van der Waals surface area (Å²) in [5.74, 6) is 0.149. The van der Waals surface area contributed by atoms with Crippen molar-refractivity contribution in [3.63, 3.8) is 0 Å². The van der Waals surface area contributed by atoms with Crippen LogP contribution in [0, 0.1) is 0 Å². The van der Waals surface area contributed by atoms with Gasteiger partial charge in [-0.05, 0) is 19.2 Å². The number of benzene rings is 1. The summed E-state index contributed by atoms with van der Waals surface area (Å²) in [6.45, 7) is 0.225. The Bertz CT molecular complexity index is 668. The molecule has 0 bridgehead atoms. The fourth-order valence-electron chi connectivity index (χ4n) is 1.79. The minimum absolute atomic E-state index is 0.0946. The van der Waals surface area contributed by atoms with Gasteiger partial charge < -0.3 is 35.4 Å². The third-order valence-corrected chi connectivity index (χ3v) is 2.94. The van der Waals surface area contributed by atoms with Crippen LogP contribution in [0.5, 0.6) is 11.5 Å². The highest BCUT2D eigenvalue weighted by Crippen LogP contribution is 2.30. The molecule has 1 heterocycles. The van der Waals surface area contributed by atoms with Crippen molar-refractivity contribution < 1.29 is 38.2 Å². The Hall–Kier alpha value is -3.38. The number of Topliss-reactive ketones (excluding diaryl/α,β-unsaturated/α-hetero) is 1. The minimum atomic E-state index is -0.997. The van der Waals surface area contributed by atoms with Crippen LogP contribution in [-0.4, -0.2) is 65.3 Å². The predicted octanol–water partition coefficient (Wildman–Crippen LogP) is -0.427. The number of fused-ring (bicyclic) bond motifs is 1. The number of hydrogen-bond donors (Lipinski definition) is 4. The van der Waals surface area contributed by atoms with E-state index >= 15 is 0 Å². The fraction of sp³-hybridized carbons (Fsp3) is 0.375. The van der Waals surface area contributed by atoms with Gasteiger partial charge in [0.2, 0.25) is 11.9 Å². The molecule has 1 aliphatic rings. The largest absolute Gasteiger partial charge is 0.488 e. The van der Waals surface area contributed by atoms with Crippen LogP contribution in [0.3, 0.4) is 0 Å². The first-order valence-electron chi connectivity index (χ1n) is 7.89. The molecule has 12 heteroatoms. The van der Waals surface area contributed by atoms with Crippen LogP contribution < -0.4 is 31.3 Å². The van der Waals surface area contributed by atoms with Gasteiger partial charge in [-0.15, -0.1) is 0 Å². The molecule has 28 heavy (non-hydrogen) atoms. The van der Waals surface area contributed by atoms with Crippen molar-refractivity contribution >= 4 is 24.4 Å². The van der Waals surface area contributed by atoms with Crippen molar-refractivity contribution in [2.75, 3.05) is 34.8 Å². The second-order valence-corrected chi connectivity index (χ2v) is 4.53. The van der Waals surface area contributed by atoms with E-state index in [2.05, 4.69) is 26.7 Å². The average Bonchev–Trinajstić information content (AvgIpc) is 2.72. The molecule has 0 aliphatic carbocycles. The van der Waals surface area contributed by atoms with Gasteiger partial charge in [-0.3, -0.25) is 9.59 Å². The number of hydroxylamine groups is 1. The monoisotopic (exact) mass is 400 g/mol. The zero-order valence-electron chi connectivity index (χ0n) is 15.9. The molecule has 0 saturated heterocycles. The Morgan fingerprint density at radius 1 is 1.18 bits per heavy atom. The van der Waals surface area contributed by atoms with Crippen molar-refractivity contribution in [1.82, 2.24) is 16.1 Å². The highest BCUT2D eigenvalue weighted by Gasteiger charge is 2.32. The number of amides is 2. The summed E-state index contributed by atoms with van der Waals surface area (Å²) < 4.78 is 15.2. The summed E-state index contributed by atoms with van der Waals surface area (Å²) in [5.41, 5.74) is 6.91. The molecule has 12 nitrogen and oxygen atoms in total. The van der Waals surface area contributed by atoms with Crippen molar-refractivity contribution in [3.05, 3.63) is 23.8 Å². The lowest BCUT2D eigenvalue weighted by Crippen LogP contribution is -2.39. The second kappa shape index (κ2) is 13.8. The summed E-state index contributed by atoms with van der Waals surface area (Å²) in [6.07, 6.45) is -2.33. The number of alkyl carbamates (subject to hydrolysis) is 1. The Kier molecular flexibility index (Phi) is 12.1. The van der Waals surface area contributed by atoms with Crippen LogP contribution in [0.25, 0.3) is 0 Å². The maximum Gasteiger partial charge on any atom is 0.412 e. The summed E-state index contributed by atoms with van der Waals surface area (Å²) in [5, 5.41) is 4.56. The molecule has 1 aromatic carbocycles. The molecule has 0 spiro atoms. The standard InChI is InChI=1S/C13H14N2O6.C2H5NO2.CH5N/c1-14-12(17)20-7-3-4-8-9(5-7)19-6-10(11(8)16)21-13(18)15-2;1-3-5-2-4;1-2/h3-5,10H,6H2,1-2H3,(H,14,17)(H,15,18);2-3H,1H3;2H2,1H3. The minimum Gasteiger partial charge on any atom is -0.488 e. The maximum atomic E-state index is 12.2. The summed E-state index contributed by atoms with van der Waals surface area (Å²) in [6, 6.07) is 4.34. The number of hydrogen-bond acceptors (Lipinski definition) is 10. The normalized spacial score (nSPS) is 13.6. The molecule has 156 valence electrons. The zero-order chi connectivity index (χ0) is 21.5. The summed E-state index contributed by atoms with van der Waals surface area (Å²) in [4.78, 5) is 47.4. The van der Waals surface area contributed by atoms with Crippen LogP contribution in [0.15, 0.2) is 18.2 Å². The zero-order valence-corrected chi connectivity index (χ0v) is 15.9. The molecule has 5 N–H and O–H groups in total. The van der Waals surface area contributed by atoms with Gasteiger partial charge in [0.05, 0.1) is 5.56 Å². The van der Waals surface area contributed by atoms with E-state index in [9.17, 15) is 14.4 Å². The lowest BCUT2D eigenvalue weighted by Gasteiger charge is -2.24. The second-order valence-electron chi connectivity index (χ2n) is 4.53. The molecular formula is C16H24N4O8. The van der Waals surface area contributed by atoms with Gasteiger partial charge in [-0.25, -0.2) is 9.59 Å². The molecule has 0 saturated carbocycles. The van der Waals surface area contributed by atoms with Gasteiger partial charge >= 0.3 is 18.7 Å². The predicted molar refractivity (Wildman–Crippen MR) is 97.0 cm³/mol. The molecule has 2 rings (SSSR count). The van der Waals surface area contributed by atoms with Crippen molar-refractivity contribution in [2.45, 2.75) is 6.10 Å². The number of nitrogens with one attached hydrogen (secondary N) is 3. The number of rotatable bonds is 4. The van der Waals surface area contributed by atoms with Crippen LogP contribution in [-0.2, 0) is 14.4 Å². The van der Waals surface area contributed by atoms with Crippen LogP contribution in [0.1, 0.15) is 10.4 Å². The molecule has 0 radical (unpaired) electrons. The van der Waals surface area contributed by atoms with Crippen molar-refractivity contribution in [2.24, 2.45) is 5.73 Å². The topological polar surface area (TPSA) is 167 Å². The molecule has 0 aromatic heterocycles. The molecule has 1 unspecified atom stereocenters. The van der Waals surface area contributed by atoms with Gasteiger partial charge in [0.1, 0.15) is 18.1 Å². The molecule has 1 aliphatic heterocycles. The van der Waals surface area contributed by atoms with Crippen molar-refractivity contribution in [1.29, 1.82) is 0 Å². The molecule has 1 aromatic rings. The molecular weight excluding hydrogens is 376 g/mol. The van der Waals surface area contributed by atoms with Gasteiger partial charge in [0.25, 0.3) is 0 Å². The lowest BCUT2D eigenvalue weighted by molar-refractivity contribution is -0.134.